The number of imidazole rings is 1. The van der Waals surface area contributed by atoms with Gasteiger partial charge in [0.1, 0.15) is 12.4 Å². The maximum Gasteiger partial charge on any atom is 0.410 e. The highest BCUT2D eigenvalue weighted by Gasteiger charge is 2.56. The third kappa shape index (κ3) is 9.43. The highest BCUT2D eigenvalue weighted by atomic mass is 16.7. The lowest BCUT2D eigenvalue weighted by Crippen LogP contribution is -2.55. The first-order valence-corrected chi connectivity index (χ1v) is 20.0. The van der Waals surface area contributed by atoms with Crippen molar-refractivity contribution in [3.05, 3.63) is 37.1 Å². The number of rotatable bonds is 10. The number of aryl methyl sites for hydroxylation is 1. The summed E-state index contributed by atoms with van der Waals surface area (Å²) in [6, 6.07) is 3.19. The van der Waals surface area contributed by atoms with Gasteiger partial charge in [-0.25, -0.2) is 9.78 Å². The van der Waals surface area contributed by atoms with E-state index in [-0.39, 0.29) is 30.3 Å². The van der Waals surface area contributed by atoms with Gasteiger partial charge in [0.25, 0.3) is 0 Å². The summed E-state index contributed by atoms with van der Waals surface area (Å²) < 4.78 is 39.3. The van der Waals surface area contributed by atoms with Gasteiger partial charge in [0.2, 0.25) is 0 Å². The zero-order chi connectivity index (χ0) is 40.3. The lowest BCUT2D eigenvalue weighted by Gasteiger charge is -2.46. The van der Waals surface area contributed by atoms with Gasteiger partial charge in [-0.2, -0.15) is 0 Å². The Kier molecular flexibility index (Phi) is 13.5. The van der Waals surface area contributed by atoms with Gasteiger partial charge in [0.15, 0.2) is 11.9 Å². The topological polar surface area (TPSA) is 141 Å². The van der Waals surface area contributed by atoms with Crippen molar-refractivity contribution in [1.82, 2.24) is 19.4 Å². The van der Waals surface area contributed by atoms with Crippen LogP contribution in [0.3, 0.4) is 0 Å². The molecular weight excluding hydrogens is 704 g/mol. The summed E-state index contributed by atoms with van der Waals surface area (Å²) in [6.45, 7) is 18.4. The van der Waals surface area contributed by atoms with E-state index in [2.05, 4.69) is 23.8 Å². The molecule has 13 nitrogen and oxygen atoms in total. The van der Waals surface area contributed by atoms with Crippen LogP contribution in [0.25, 0.3) is 11.3 Å². The van der Waals surface area contributed by atoms with E-state index in [0.717, 1.165) is 24.1 Å². The number of methoxy groups -OCH3 is 2. The number of ether oxygens (including phenoxy) is 6. The van der Waals surface area contributed by atoms with Gasteiger partial charge in [-0.1, -0.05) is 27.7 Å². The number of ketones is 1. The molecule has 55 heavy (non-hydrogen) atoms. The molecule has 0 spiro atoms. The summed E-state index contributed by atoms with van der Waals surface area (Å²) in [5.41, 5.74) is -0.676. The van der Waals surface area contributed by atoms with Crippen LogP contribution in [0.2, 0.25) is 0 Å². The maximum atomic E-state index is 14.4. The summed E-state index contributed by atoms with van der Waals surface area (Å²) in [7, 11) is 3.36. The Hall–Kier alpha value is -3.39. The normalized spacial score (nSPS) is 37.9. The number of amides is 1. The predicted octanol–water partition coefficient (Wildman–Crippen LogP) is 6.72. The van der Waals surface area contributed by atoms with E-state index in [9.17, 15) is 14.4 Å². The number of esters is 1. The van der Waals surface area contributed by atoms with E-state index in [4.69, 9.17) is 28.4 Å². The summed E-state index contributed by atoms with van der Waals surface area (Å²) in [6.07, 6.45) is 8.51. The summed E-state index contributed by atoms with van der Waals surface area (Å²) in [5.74, 6) is -2.55. The van der Waals surface area contributed by atoms with Gasteiger partial charge < -0.3 is 37.9 Å². The van der Waals surface area contributed by atoms with Crippen molar-refractivity contribution in [2.24, 2.45) is 29.6 Å². The Morgan fingerprint density at radius 2 is 1.65 bits per heavy atom. The Balaban J connectivity index is 1.37. The number of Topliss-reactive ketones (excluding diaryl/α,β-unsaturated/α-hetero) is 1. The first kappa shape index (κ1) is 42.7. The monoisotopic (exact) mass is 768 g/mol. The fourth-order valence-corrected chi connectivity index (χ4v) is 9.24. The smallest absolute Gasteiger partial charge is 0.410 e. The molecule has 13 heteroatoms. The summed E-state index contributed by atoms with van der Waals surface area (Å²) in [5, 5.41) is 0. The summed E-state index contributed by atoms with van der Waals surface area (Å²) in [4.78, 5) is 52.5. The average Bonchev–Trinajstić information content (AvgIpc) is 3.73. The molecule has 0 aromatic carbocycles. The third-order valence-corrected chi connectivity index (χ3v) is 12.9. The predicted molar refractivity (Wildman–Crippen MR) is 206 cm³/mol. The van der Waals surface area contributed by atoms with Gasteiger partial charge in [-0.15, -0.1) is 0 Å². The SMILES string of the molecule is CO[C@]1(C)C[C@H](O[C@H]2[C@H](C)[C@@H](C)[C@](C)(OC)C[C@@H](C)C(=O)[C@H](C)[C@H]3N(CCCCn4cnc(-c5cccnc5)c4)C(=O)O[C@]3(C)COC(=O)[C@@H]2C)O[C@@H](C)C1. The molecule has 0 bridgehead atoms. The molecular formula is C42H64N4O9. The molecule has 0 aliphatic carbocycles. The van der Waals surface area contributed by atoms with Gasteiger partial charge in [-0.05, 0) is 77.8 Å². The highest BCUT2D eigenvalue weighted by Crippen LogP contribution is 2.43. The molecule has 306 valence electrons. The fraction of sp³-hybridized carbons (Fsp3) is 0.738. The number of unbranched alkanes of at least 4 members (excludes halogenated alkanes) is 1. The van der Waals surface area contributed by atoms with E-state index in [1.807, 2.05) is 64.4 Å². The van der Waals surface area contributed by atoms with Gasteiger partial charge in [0, 0.05) is 76.1 Å². The molecule has 3 saturated heterocycles. The van der Waals surface area contributed by atoms with Crippen molar-refractivity contribution in [3.63, 3.8) is 0 Å². The lowest BCUT2D eigenvalue weighted by molar-refractivity contribution is -0.268. The quantitative estimate of drug-likeness (QED) is 0.188. The van der Waals surface area contributed by atoms with Crippen molar-refractivity contribution in [2.75, 3.05) is 27.4 Å². The minimum atomic E-state index is -1.27. The molecule has 5 heterocycles. The van der Waals surface area contributed by atoms with Crippen LogP contribution in [0.5, 0.6) is 0 Å². The third-order valence-electron chi connectivity index (χ3n) is 12.9. The lowest BCUT2D eigenvalue weighted by atomic mass is 9.70. The first-order chi connectivity index (χ1) is 25.9. The number of carbonyl (C=O) groups is 3. The van der Waals surface area contributed by atoms with Crippen LogP contribution in [0.15, 0.2) is 37.1 Å². The number of nitrogens with zero attached hydrogens (tertiary/aromatic N) is 4. The van der Waals surface area contributed by atoms with Crippen LogP contribution in [-0.2, 0) is 44.6 Å². The molecule has 0 N–H and O–H groups in total. The van der Waals surface area contributed by atoms with Crippen molar-refractivity contribution >= 4 is 17.8 Å². The Morgan fingerprint density at radius 1 is 0.927 bits per heavy atom. The van der Waals surface area contributed by atoms with Crippen LogP contribution in [0.1, 0.15) is 94.4 Å². The fourth-order valence-electron chi connectivity index (χ4n) is 9.24. The van der Waals surface area contributed by atoms with Gasteiger partial charge in [0.05, 0.1) is 47.4 Å². The second kappa shape index (κ2) is 17.4. The Morgan fingerprint density at radius 3 is 2.33 bits per heavy atom. The van der Waals surface area contributed by atoms with Crippen LogP contribution in [-0.4, -0.2) is 106 Å². The number of pyridine rings is 1. The van der Waals surface area contributed by atoms with Crippen molar-refractivity contribution in [2.45, 2.75) is 142 Å². The molecule has 12 atom stereocenters. The zero-order valence-electron chi connectivity index (χ0n) is 34.8. The molecule has 1 amide bonds. The molecule has 3 aliphatic rings. The van der Waals surface area contributed by atoms with Crippen LogP contribution in [0.4, 0.5) is 4.79 Å². The van der Waals surface area contributed by atoms with Crippen LogP contribution >= 0.6 is 0 Å². The second-order valence-electron chi connectivity index (χ2n) is 17.2. The largest absolute Gasteiger partial charge is 0.461 e. The Bertz CT molecular complexity index is 1620. The molecule has 3 fully saturated rings. The van der Waals surface area contributed by atoms with E-state index in [1.165, 1.54) is 0 Å². The number of carbonyl (C=O) groups excluding carboxylic acids is 3. The standard InChI is InChI=1S/C42H64N4O9/c1-26-19-41(8,51-11)31(6)28(3)36(54-34-21-40(7,50-10)20-27(2)53-34)30(5)38(48)52-24-42(9)37(29(4)35(26)47)46(39(49)55-42)18-13-12-17-45-23-33(44-25-45)32-15-14-16-43-22-32/h14-16,22-23,25-31,34,36-37H,12-13,17-21,24H2,1-11H3/t26-,27+,28-,29+,30-,31-,34+,36+,37-,40+,41-,42-/m1/s1. The van der Waals surface area contributed by atoms with E-state index in [1.54, 1.807) is 44.8 Å². The van der Waals surface area contributed by atoms with Gasteiger partial charge in [-0.3, -0.25) is 14.6 Å². The van der Waals surface area contributed by atoms with E-state index in [0.29, 0.717) is 32.4 Å². The summed E-state index contributed by atoms with van der Waals surface area (Å²) >= 11 is 0. The number of hydrogen-bond acceptors (Lipinski definition) is 11. The minimum Gasteiger partial charge on any atom is -0.461 e. The van der Waals surface area contributed by atoms with Crippen LogP contribution in [0, 0.1) is 29.6 Å². The van der Waals surface area contributed by atoms with Crippen molar-refractivity contribution < 1.29 is 42.8 Å². The first-order valence-electron chi connectivity index (χ1n) is 20.0. The van der Waals surface area contributed by atoms with E-state index >= 15 is 0 Å². The minimum absolute atomic E-state index is 0.00278. The van der Waals surface area contributed by atoms with Gasteiger partial charge >= 0.3 is 12.1 Å². The van der Waals surface area contributed by atoms with Crippen LogP contribution < -0.4 is 0 Å². The molecule has 0 unspecified atom stereocenters. The molecule has 0 saturated carbocycles. The number of cyclic esters (lactones) is 1. The second-order valence-corrected chi connectivity index (χ2v) is 17.2. The number of aromatic nitrogens is 3. The van der Waals surface area contributed by atoms with E-state index < -0.39 is 65.1 Å². The molecule has 3 aliphatic heterocycles. The zero-order valence-corrected chi connectivity index (χ0v) is 34.8. The molecule has 2 aromatic rings. The molecule has 2 aromatic heterocycles. The number of fused-ring (bicyclic) bond motifs is 1. The maximum absolute atomic E-state index is 14.4. The number of hydrogen-bond donors (Lipinski definition) is 0. The molecule has 5 rings (SSSR count). The Labute approximate surface area is 327 Å². The molecule has 0 radical (unpaired) electrons. The van der Waals surface area contributed by atoms with Crippen molar-refractivity contribution in [1.29, 1.82) is 0 Å². The van der Waals surface area contributed by atoms with Crippen molar-refractivity contribution in [3.8, 4) is 11.3 Å². The average molecular weight is 769 g/mol. The highest BCUT2D eigenvalue weighted by molar-refractivity contribution is 5.85.